The van der Waals surface area contributed by atoms with Crippen molar-refractivity contribution >= 4 is 29.5 Å². The van der Waals surface area contributed by atoms with E-state index < -0.39 is 35.7 Å². The topological polar surface area (TPSA) is 165 Å². The Morgan fingerprint density at radius 3 is 2.00 bits per heavy atom. The van der Waals surface area contributed by atoms with Gasteiger partial charge in [-0.25, -0.2) is 9.59 Å². The van der Waals surface area contributed by atoms with Crippen LogP contribution in [0.1, 0.15) is 87.5 Å². The maximum atomic E-state index is 13.7. The summed E-state index contributed by atoms with van der Waals surface area (Å²) in [5, 5.41) is 2.91. The molecule has 284 valence electrons. The third-order valence-electron chi connectivity index (χ3n) is 8.11. The third-order valence-corrected chi connectivity index (χ3v) is 8.11. The van der Waals surface area contributed by atoms with E-state index in [4.69, 9.17) is 33.2 Å². The van der Waals surface area contributed by atoms with Gasteiger partial charge in [-0.2, -0.15) is 0 Å². The van der Waals surface area contributed by atoms with E-state index in [0.717, 1.165) is 0 Å². The predicted molar refractivity (Wildman–Crippen MR) is 192 cm³/mol. The number of benzene rings is 3. The molecule has 4 rings (SSSR count). The minimum absolute atomic E-state index is 0.0192. The third kappa shape index (κ3) is 11.0. The van der Waals surface area contributed by atoms with Gasteiger partial charge in [0.2, 0.25) is 0 Å². The molecule has 14 nitrogen and oxygen atoms in total. The molecule has 53 heavy (non-hydrogen) atoms. The van der Waals surface area contributed by atoms with Gasteiger partial charge >= 0.3 is 12.1 Å². The van der Waals surface area contributed by atoms with Crippen LogP contribution in [0.3, 0.4) is 0 Å². The standard InChI is InChI=1S/C39H46N2O12/c1-24(42)29-19-27(14-16-32(29)50-22-47-5)36(44)40-31-21-41(38(46)53-39(2,3)4)18-8-9-34(31)52-37(45)26-12-10-25(11-13-26)35(43)30-20-28(49-7)15-17-33(30)51-23-48-6/h10-17,19-20,31,34H,8-9,18,21-23H2,1-7H3,(H,40,44)/t31-,34-/m1/s1. The fourth-order valence-electron chi connectivity index (χ4n) is 5.53. The van der Waals surface area contributed by atoms with Crippen LogP contribution in [-0.4, -0.2) is 100 Å². The number of Topliss-reactive ketones (excluding diaryl/α,β-unsaturated/α-hetero) is 1. The lowest BCUT2D eigenvalue weighted by Crippen LogP contribution is -2.51. The number of ether oxygens (including phenoxy) is 7. The van der Waals surface area contributed by atoms with Crippen molar-refractivity contribution in [1.82, 2.24) is 10.2 Å². The first kappa shape index (κ1) is 40.3. The maximum absolute atomic E-state index is 13.7. The second kappa shape index (κ2) is 18.3. The maximum Gasteiger partial charge on any atom is 0.410 e. The van der Waals surface area contributed by atoms with Gasteiger partial charge in [0.05, 0.1) is 29.8 Å². The monoisotopic (exact) mass is 734 g/mol. The van der Waals surface area contributed by atoms with Crippen molar-refractivity contribution in [2.45, 2.75) is 58.3 Å². The molecule has 2 amide bonds. The van der Waals surface area contributed by atoms with E-state index in [0.29, 0.717) is 30.9 Å². The number of hydrogen-bond donors (Lipinski definition) is 1. The van der Waals surface area contributed by atoms with Crippen LogP contribution in [-0.2, 0) is 18.9 Å². The number of ketones is 2. The normalized spacial score (nSPS) is 15.8. The van der Waals surface area contributed by atoms with Crippen molar-refractivity contribution in [3.8, 4) is 17.2 Å². The fourth-order valence-corrected chi connectivity index (χ4v) is 5.53. The number of carbonyl (C=O) groups is 5. The van der Waals surface area contributed by atoms with Gasteiger partial charge in [-0.3, -0.25) is 14.4 Å². The molecule has 0 bridgehead atoms. The van der Waals surface area contributed by atoms with Crippen LogP contribution < -0.4 is 19.5 Å². The molecule has 1 N–H and O–H groups in total. The van der Waals surface area contributed by atoms with Gasteiger partial charge in [0.1, 0.15) is 29.0 Å². The van der Waals surface area contributed by atoms with E-state index in [1.807, 2.05) is 0 Å². The molecule has 14 heteroatoms. The Kier molecular flexibility index (Phi) is 13.9. The molecule has 0 saturated carbocycles. The Balaban J connectivity index is 1.57. The number of nitrogens with zero attached hydrogens (tertiary/aromatic N) is 1. The van der Waals surface area contributed by atoms with Crippen molar-refractivity contribution < 1.29 is 57.1 Å². The van der Waals surface area contributed by atoms with Crippen molar-refractivity contribution in [1.29, 1.82) is 0 Å². The molecule has 1 fully saturated rings. The number of carbonyl (C=O) groups excluding carboxylic acids is 5. The summed E-state index contributed by atoms with van der Waals surface area (Å²) in [6.45, 7) is 6.74. The Hall–Kier alpha value is -5.47. The minimum Gasteiger partial charge on any atom is -0.497 e. The first-order valence-corrected chi connectivity index (χ1v) is 17.0. The van der Waals surface area contributed by atoms with Crippen molar-refractivity contribution in [3.63, 3.8) is 0 Å². The number of likely N-dealkylation sites (tertiary alicyclic amines) is 1. The molecule has 0 radical (unpaired) electrons. The van der Waals surface area contributed by atoms with Gasteiger partial charge in [-0.15, -0.1) is 0 Å². The van der Waals surface area contributed by atoms with Crippen LogP contribution in [0.5, 0.6) is 17.2 Å². The van der Waals surface area contributed by atoms with Crippen molar-refractivity contribution in [2.24, 2.45) is 0 Å². The van der Waals surface area contributed by atoms with Crippen molar-refractivity contribution in [2.75, 3.05) is 48.0 Å². The second-order valence-corrected chi connectivity index (χ2v) is 13.2. The summed E-state index contributed by atoms with van der Waals surface area (Å²) in [6, 6.07) is 14.3. The highest BCUT2D eigenvalue weighted by atomic mass is 16.7. The molecule has 3 aromatic rings. The van der Waals surface area contributed by atoms with E-state index in [1.54, 1.807) is 39.0 Å². The summed E-state index contributed by atoms with van der Waals surface area (Å²) in [7, 11) is 4.40. The summed E-state index contributed by atoms with van der Waals surface area (Å²) in [5.74, 6) is -0.921. The molecule has 2 atom stereocenters. The van der Waals surface area contributed by atoms with Gasteiger partial charge in [-0.05, 0) is 89.1 Å². The summed E-state index contributed by atoms with van der Waals surface area (Å²) >= 11 is 0. The van der Waals surface area contributed by atoms with Crippen LogP contribution in [0.25, 0.3) is 0 Å². The Morgan fingerprint density at radius 2 is 1.40 bits per heavy atom. The lowest BCUT2D eigenvalue weighted by atomic mass is 10.0. The van der Waals surface area contributed by atoms with Gasteiger partial charge < -0.3 is 43.4 Å². The zero-order valence-corrected chi connectivity index (χ0v) is 31.0. The van der Waals surface area contributed by atoms with Gasteiger partial charge in [0.15, 0.2) is 25.2 Å². The van der Waals surface area contributed by atoms with Crippen LogP contribution >= 0.6 is 0 Å². The lowest BCUT2D eigenvalue weighted by Gasteiger charge is -2.30. The summed E-state index contributed by atoms with van der Waals surface area (Å²) in [4.78, 5) is 67.7. The highest BCUT2D eigenvalue weighted by molar-refractivity contribution is 6.11. The first-order valence-electron chi connectivity index (χ1n) is 17.0. The average molecular weight is 735 g/mol. The summed E-state index contributed by atoms with van der Waals surface area (Å²) in [6.07, 6.45) is -0.663. The Labute approximate surface area is 308 Å². The molecule has 1 saturated heterocycles. The molecular formula is C39H46N2O12. The molecule has 0 aromatic heterocycles. The number of methoxy groups -OCH3 is 3. The van der Waals surface area contributed by atoms with Crippen LogP contribution in [0, 0.1) is 0 Å². The Bertz CT molecular complexity index is 1780. The van der Waals surface area contributed by atoms with E-state index >= 15 is 0 Å². The van der Waals surface area contributed by atoms with E-state index in [9.17, 15) is 24.0 Å². The molecule has 3 aromatic carbocycles. The molecule has 1 aliphatic rings. The SMILES string of the molecule is COCOc1ccc(C(=O)N[C@@H]2CN(C(=O)OC(C)(C)C)CCC[C@H]2OC(=O)c2ccc(C(=O)c3cc(OC)ccc3OCOC)cc2)cc1C(C)=O. The highest BCUT2D eigenvalue weighted by Gasteiger charge is 2.35. The molecular weight excluding hydrogens is 688 g/mol. The molecule has 1 aliphatic heterocycles. The predicted octanol–water partition coefficient (Wildman–Crippen LogP) is 5.45. The van der Waals surface area contributed by atoms with Gasteiger partial charge in [0, 0.05) is 38.4 Å². The number of esters is 1. The van der Waals surface area contributed by atoms with E-state index in [2.05, 4.69) is 5.32 Å². The average Bonchev–Trinajstić information content (AvgIpc) is 3.33. The number of amides is 2. The van der Waals surface area contributed by atoms with Crippen LogP contribution in [0.2, 0.25) is 0 Å². The molecule has 0 aliphatic carbocycles. The smallest absolute Gasteiger partial charge is 0.410 e. The Morgan fingerprint density at radius 1 is 0.792 bits per heavy atom. The molecule has 1 heterocycles. The van der Waals surface area contributed by atoms with Gasteiger partial charge in [-0.1, -0.05) is 12.1 Å². The van der Waals surface area contributed by atoms with E-state index in [-0.39, 0.29) is 65.3 Å². The number of nitrogens with one attached hydrogen (secondary N) is 1. The zero-order chi connectivity index (χ0) is 38.7. The largest absolute Gasteiger partial charge is 0.497 e. The molecule has 0 unspecified atom stereocenters. The van der Waals surface area contributed by atoms with E-state index in [1.165, 1.54) is 75.6 Å². The quantitative estimate of drug-likeness (QED) is 0.127. The fraction of sp³-hybridized carbons (Fsp3) is 0.410. The first-order chi connectivity index (χ1) is 25.2. The molecule has 0 spiro atoms. The van der Waals surface area contributed by atoms with Crippen LogP contribution in [0.15, 0.2) is 60.7 Å². The number of hydrogen-bond acceptors (Lipinski definition) is 12. The summed E-state index contributed by atoms with van der Waals surface area (Å²) in [5.41, 5.74) is 0.275. The minimum atomic E-state index is -0.855. The highest BCUT2D eigenvalue weighted by Crippen LogP contribution is 2.28. The zero-order valence-electron chi connectivity index (χ0n) is 31.0. The van der Waals surface area contributed by atoms with Crippen molar-refractivity contribution in [3.05, 3.63) is 88.5 Å². The second-order valence-electron chi connectivity index (χ2n) is 13.2. The number of rotatable bonds is 14. The van der Waals surface area contributed by atoms with Crippen LogP contribution in [0.4, 0.5) is 4.79 Å². The summed E-state index contributed by atoms with van der Waals surface area (Å²) < 4.78 is 37.8. The van der Waals surface area contributed by atoms with Gasteiger partial charge in [0.25, 0.3) is 5.91 Å². The lowest BCUT2D eigenvalue weighted by molar-refractivity contribution is 0.0127.